The van der Waals surface area contributed by atoms with Gasteiger partial charge in [-0.2, -0.15) is 0 Å². The average molecular weight is 288 g/mol. The molecule has 0 atom stereocenters. The van der Waals surface area contributed by atoms with Crippen molar-refractivity contribution < 1.29 is 19.0 Å². The van der Waals surface area contributed by atoms with Crippen molar-refractivity contribution in [1.82, 2.24) is 0 Å². The maximum absolute atomic E-state index is 13.3. The van der Waals surface area contributed by atoms with E-state index in [0.29, 0.717) is 12.2 Å². The normalized spacial score (nSPS) is 10.5. The SMILES string of the molecule is O=C(O)c1cc(F)cc(COCCCc2ccccc2)c1. The third-order valence-electron chi connectivity index (χ3n) is 3.07. The van der Waals surface area contributed by atoms with Gasteiger partial charge in [-0.3, -0.25) is 0 Å². The molecule has 0 saturated carbocycles. The monoisotopic (exact) mass is 288 g/mol. The van der Waals surface area contributed by atoms with Gasteiger partial charge >= 0.3 is 5.97 Å². The largest absolute Gasteiger partial charge is 0.478 e. The Labute approximate surface area is 123 Å². The fourth-order valence-electron chi connectivity index (χ4n) is 2.07. The van der Waals surface area contributed by atoms with E-state index in [1.807, 2.05) is 18.2 Å². The Bertz CT molecular complexity index is 596. The zero-order chi connectivity index (χ0) is 15.1. The van der Waals surface area contributed by atoms with Crippen LogP contribution in [0.15, 0.2) is 48.5 Å². The van der Waals surface area contributed by atoms with Gasteiger partial charge in [0.05, 0.1) is 12.2 Å². The molecule has 3 nitrogen and oxygen atoms in total. The first kappa shape index (κ1) is 15.2. The number of carboxylic acid groups (broad SMARTS) is 1. The molecule has 21 heavy (non-hydrogen) atoms. The lowest BCUT2D eigenvalue weighted by Gasteiger charge is -2.06. The Morgan fingerprint density at radius 3 is 2.57 bits per heavy atom. The molecule has 2 rings (SSSR count). The van der Waals surface area contributed by atoms with Gasteiger partial charge in [0.1, 0.15) is 5.82 Å². The van der Waals surface area contributed by atoms with E-state index in [9.17, 15) is 9.18 Å². The van der Waals surface area contributed by atoms with E-state index in [1.54, 1.807) is 0 Å². The van der Waals surface area contributed by atoms with Gasteiger partial charge in [0.25, 0.3) is 0 Å². The lowest BCUT2D eigenvalue weighted by molar-refractivity contribution is 0.0695. The van der Waals surface area contributed by atoms with Gasteiger partial charge in [0, 0.05) is 6.61 Å². The number of rotatable bonds is 7. The summed E-state index contributed by atoms with van der Waals surface area (Å²) in [6.45, 7) is 0.765. The Balaban J connectivity index is 1.77. The first-order chi connectivity index (χ1) is 10.1. The molecule has 0 aliphatic rings. The Kier molecular flexibility index (Phi) is 5.46. The predicted octanol–water partition coefficient (Wildman–Crippen LogP) is 3.67. The summed E-state index contributed by atoms with van der Waals surface area (Å²) in [5.74, 6) is -1.70. The zero-order valence-electron chi connectivity index (χ0n) is 11.6. The molecule has 0 radical (unpaired) electrons. The second-order valence-electron chi connectivity index (χ2n) is 4.80. The number of carbonyl (C=O) groups is 1. The molecule has 0 fully saturated rings. The van der Waals surface area contributed by atoms with Crippen LogP contribution in [0, 0.1) is 5.82 Å². The maximum atomic E-state index is 13.3. The number of hydrogen-bond acceptors (Lipinski definition) is 2. The van der Waals surface area contributed by atoms with E-state index in [1.165, 1.54) is 17.7 Å². The first-order valence-corrected chi connectivity index (χ1v) is 6.79. The minimum atomic E-state index is -1.14. The number of hydrogen-bond donors (Lipinski definition) is 1. The standard InChI is InChI=1S/C17H17FO3/c18-16-10-14(9-15(11-16)17(19)20)12-21-8-4-7-13-5-2-1-3-6-13/h1-3,5-6,9-11H,4,7-8,12H2,(H,19,20). The van der Waals surface area contributed by atoms with Crippen molar-refractivity contribution in [3.05, 3.63) is 71.0 Å². The zero-order valence-corrected chi connectivity index (χ0v) is 11.6. The highest BCUT2D eigenvalue weighted by Gasteiger charge is 2.07. The summed E-state index contributed by atoms with van der Waals surface area (Å²) in [6, 6.07) is 13.8. The molecular formula is C17H17FO3. The molecule has 2 aromatic carbocycles. The first-order valence-electron chi connectivity index (χ1n) is 6.79. The van der Waals surface area contributed by atoms with E-state index in [-0.39, 0.29) is 12.2 Å². The third kappa shape index (κ3) is 5.00. The van der Waals surface area contributed by atoms with Gasteiger partial charge in [-0.1, -0.05) is 30.3 Å². The molecule has 0 amide bonds. The summed E-state index contributed by atoms with van der Waals surface area (Å²) in [5, 5.41) is 8.86. The van der Waals surface area contributed by atoms with Crippen molar-refractivity contribution in [3.8, 4) is 0 Å². The Morgan fingerprint density at radius 1 is 1.10 bits per heavy atom. The number of carboxylic acids is 1. The van der Waals surface area contributed by atoms with Gasteiger partial charge in [-0.05, 0) is 42.2 Å². The molecule has 4 heteroatoms. The fraction of sp³-hybridized carbons (Fsp3) is 0.235. The molecule has 2 aromatic rings. The van der Waals surface area contributed by atoms with Gasteiger partial charge in [-0.15, -0.1) is 0 Å². The Hall–Kier alpha value is -2.20. The lowest BCUT2D eigenvalue weighted by atomic mass is 10.1. The van der Waals surface area contributed by atoms with Gasteiger partial charge < -0.3 is 9.84 Å². The van der Waals surface area contributed by atoms with Crippen LogP contribution in [0.1, 0.15) is 27.9 Å². The quantitative estimate of drug-likeness (QED) is 0.791. The molecule has 0 bridgehead atoms. The summed E-state index contributed by atoms with van der Waals surface area (Å²) < 4.78 is 18.7. The van der Waals surface area contributed by atoms with E-state index >= 15 is 0 Å². The van der Waals surface area contributed by atoms with Crippen molar-refractivity contribution >= 4 is 5.97 Å². The topological polar surface area (TPSA) is 46.5 Å². The minimum absolute atomic E-state index is 0.0575. The lowest BCUT2D eigenvalue weighted by Crippen LogP contribution is -2.02. The van der Waals surface area contributed by atoms with Gasteiger partial charge in [-0.25, -0.2) is 9.18 Å². The van der Waals surface area contributed by atoms with E-state index < -0.39 is 11.8 Å². The highest BCUT2D eigenvalue weighted by atomic mass is 19.1. The van der Waals surface area contributed by atoms with Gasteiger partial charge in [0.2, 0.25) is 0 Å². The Morgan fingerprint density at radius 2 is 1.86 bits per heavy atom. The molecule has 0 spiro atoms. The van der Waals surface area contributed by atoms with Crippen LogP contribution < -0.4 is 0 Å². The van der Waals surface area contributed by atoms with E-state index in [0.717, 1.165) is 18.9 Å². The van der Waals surface area contributed by atoms with E-state index in [2.05, 4.69) is 12.1 Å². The fourth-order valence-corrected chi connectivity index (χ4v) is 2.07. The molecular weight excluding hydrogens is 271 g/mol. The minimum Gasteiger partial charge on any atom is -0.478 e. The van der Waals surface area contributed by atoms with Crippen LogP contribution in [0.3, 0.4) is 0 Å². The second-order valence-corrected chi connectivity index (χ2v) is 4.80. The number of ether oxygens (including phenoxy) is 1. The molecule has 0 unspecified atom stereocenters. The van der Waals surface area contributed by atoms with Gasteiger partial charge in [0.15, 0.2) is 0 Å². The van der Waals surface area contributed by atoms with Crippen molar-refractivity contribution in [2.75, 3.05) is 6.61 Å². The molecule has 0 heterocycles. The van der Waals surface area contributed by atoms with Crippen LogP contribution in [0.5, 0.6) is 0 Å². The number of aryl methyl sites for hydroxylation is 1. The predicted molar refractivity (Wildman–Crippen MR) is 77.8 cm³/mol. The molecule has 0 saturated heterocycles. The van der Waals surface area contributed by atoms with Crippen LogP contribution in [0.2, 0.25) is 0 Å². The van der Waals surface area contributed by atoms with Crippen molar-refractivity contribution in [2.45, 2.75) is 19.4 Å². The van der Waals surface area contributed by atoms with Crippen molar-refractivity contribution in [3.63, 3.8) is 0 Å². The number of halogens is 1. The van der Waals surface area contributed by atoms with Crippen molar-refractivity contribution in [2.24, 2.45) is 0 Å². The molecule has 0 aliphatic carbocycles. The van der Waals surface area contributed by atoms with Crippen LogP contribution in [-0.4, -0.2) is 17.7 Å². The average Bonchev–Trinajstić information content (AvgIpc) is 2.47. The highest BCUT2D eigenvalue weighted by Crippen LogP contribution is 2.11. The summed E-state index contributed by atoms with van der Waals surface area (Å²) in [7, 11) is 0. The second kappa shape index (κ2) is 7.55. The summed E-state index contributed by atoms with van der Waals surface area (Å²) >= 11 is 0. The van der Waals surface area contributed by atoms with Crippen LogP contribution in [0.4, 0.5) is 4.39 Å². The molecule has 1 N–H and O–H groups in total. The summed E-state index contributed by atoms with van der Waals surface area (Å²) in [5.41, 5.74) is 1.73. The highest BCUT2D eigenvalue weighted by molar-refractivity contribution is 5.87. The van der Waals surface area contributed by atoms with Crippen molar-refractivity contribution in [1.29, 1.82) is 0 Å². The van der Waals surface area contributed by atoms with Crippen LogP contribution >= 0.6 is 0 Å². The van der Waals surface area contributed by atoms with E-state index in [4.69, 9.17) is 9.84 Å². The summed E-state index contributed by atoms with van der Waals surface area (Å²) in [6.07, 6.45) is 1.79. The number of aromatic carboxylic acids is 1. The van der Waals surface area contributed by atoms with Crippen LogP contribution in [0.25, 0.3) is 0 Å². The molecule has 0 aromatic heterocycles. The third-order valence-corrected chi connectivity index (χ3v) is 3.07. The molecule has 0 aliphatic heterocycles. The maximum Gasteiger partial charge on any atom is 0.335 e. The number of benzene rings is 2. The molecule has 110 valence electrons. The summed E-state index contributed by atoms with van der Waals surface area (Å²) in [4.78, 5) is 10.8. The van der Waals surface area contributed by atoms with Crippen LogP contribution in [-0.2, 0) is 17.8 Å². The smallest absolute Gasteiger partial charge is 0.335 e.